The molecule has 0 saturated heterocycles. The molecule has 1 heterocycles. The van der Waals surface area contributed by atoms with Crippen LogP contribution in [0.1, 0.15) is 18.2 Å². The molecule has 4 nitrogen and oxygen atoms in total. The van der Waals surface area contributed by atoms with Gasteiger partial charge in [-0.2, -0.15) is 0 Å². The molecule has 0 saturated carbocycles. The van der Waals surface area contributed by atoms with E-state index in [9.17, 15) is 0 Å². The number of rotatable bonds is 3. The average Bonchev–Trinajstić information content (AvgIpc) is 2.73. The van der Waals surface area contributed by atoms with Gasteiger partial charge in [0.25, 0.3) is 0 Å². The van der Waals surface area contributed by atoms with Crippen LogP contribution >= 0.6 is 0 Å². The standard InChI is InChI=1S/C12H16N4/c1-3-16-12(11(8-13)14-15-16)10-6-4-9(2)5-7-10/h4-7H,3,8,13H2,1-2H3. The molecule has 2 N–H and O–H groups in total. The van der Waals surface area contributed by atoms with Gasteiger partial charge in [0.05, 0.1) is 5.69 Å². The van der Waals surface area contributed by atoms with Crippen LogP contribution in [0.3, 0.4) is 0 Å². The van der Waals surface area contributed by atoms with Gasteiger partial charge in [0.15, 0.2) is 0 Å². The molecule has 0 amide bonds. The Kier molecular flexibility index (Phi) is 3.01. The number of nitrogens with zero attached hydrogens (tertiary/aromatic N) is 3. The number of hydrogen-bond acceptors (Lipinski definition) is 3. The van der Waals surface area contributed by atoms with E-state index in [0.29, 0.717) is 6.54 Å². The fourth-order valence-electron chi connectivity index (χ4n) is 1.73. The van der Waals surface area contributed by atoms with Crippen molar-refractivity contribution in [3.8, 4) is 11.3 Å². The molecule has 2 rings (SSSR count). The second-order valence-electron chi connectivity index (χ2n) is 3.77. The third-order valence-electron chi connectivity index (χ3n) is 2.62. The van der Waals surface area contributed by atoms with Gasteiger partial charge in [-0.15, -0.1) is 5.10 Å². The Labute approximate surface area is 95.1 Å². The number of nitrogens with two attached hydrogens (primary N) is 1. The van der Waals surface area contributed by atoms with E-state index < -0.39 is 0 Å². The number of aryl methyl sites for hydroxylation is 2. The lowest BCUT2D eigenvalue weighted by molar-refractivity contribution is 0.632. The first kappa shape index (κ1) is 10.8. The van der Waals surface area contributed by atoms with Crippen LogP contribution in [0.4, 0.5) is 0 Å². The minimum Gasteiger partial charge on any atom is -0.325 e. The molecule has 1 aromatic carbocycles. The summed E-state index contributed by atoms with van der Waals surface area (Å²) in [4.78, 5) is 0. The second-order valence-corrected chi connectivity index (χ2v) is 3.77. The molecule has 0 fully saturated rings. The van der Waals surface area contributed by atoms with Crippen molar-refractivity contribution < 1.29 is 0 Å². The van der Waals surface area contributed by atoms with Gasteiger partial charge in [-0.25, -0.2) is 4.68 Å². The predicted molar refractivity (Wildman–Crippen MR) is 63.8 cm³/mol. The Morgan fingerprint density at radius 3 is 2.50 bits per heavy atom. The highest BCUT2D eigenvalue weighted by molar-refractivity contribution is 5.62. The average molecular weight is 216 g/mol. The molecule has 0 aliphatic rings. The third kappa shape index (κ3) is 1.84. The van der Waals surface area contributed by atoms with Crippen molar-refractivity contribution in [2.75, 3.05) is 0 Å². The van der Waals surface area contributed by atoms with Gasteiger partial charge in [0.2, 0.25) is 0 Å². The maximum absolute atomic E-state index is 5.67. The molecule has 0 spiro atoms. The molecule has 0 atom stereocenters. The molecule has 0 aliphatic carbocycles. The van der Waals surface area contributed by atoms with Crippen LogP contribution in [0.2, 0.25) is 0 Å². The highest BCUT2D eigenvalue weighted by Crippen LogP contribution is 2.22. The molecule has 2 aromatic rings. The van der Waals surface area contributed by atoms with E-state index in [-0.39, 0.29) is 0 Å². The van der Waals surface area contributed by atoms with Gasteiger partial charge >= 0.3 is 0 Å². The number of aromatic nitrogens is 3. The Hall–Kier alpha value is -1.68. The maximum atomic E-state index is 5.67. The van der Waals surface area contributed by atoms with E-state index in [0.717, 1.165) is 23.5 Å². The van der Waals surface area contributed by atoms with E-state index in [4.69, 9.17) is 5.73 Å². The topological polar surface area (TPSA) is 56.7 Å². The lowest BCUT2D eigenvalue weighted by Crippen LogP contribution is -2.02. The third-order valence-corrected chi connectivity index (χ3v) is 2.62. The smallest absolute Gasteiger partial charge is 0.104 e. The minimum atomic E-state index is 0.420. The monoisotopic (exact) mass is 216 g/mol. The zero-order valence-corrected chi connectivity index (χ0v) is 9.64. The summed E-state index contributed by atoms with van der Waals surface area (Å²) < 4.78 is 1.88. The zero-order valence-electron chi connectivity index (χ0n) is 9.64. The zero-order chi connectivity index (χ0) is 11.5. The van der Waals surface area contributed by atoms with E-state index in [1.165, 1.54) is 5.56 Å². The molecular weight excluding hydrogens is 200 g/mol. The van der Waals surface area contributed by atoms with Crippen molar-refractivity contribution in [1.82, 2.24) is 15.0 Å². The van der Waals surface area contributed by atoms with Gasteiger partial charge in [0, 0.05) is 18.7 Å². The Bertz CT molecular complexity index is 449. The maximum Gasteiger partial charge on any atom is 0.104 e. The number of hydrogen-bond donors (Lipinski definition) is 1. The van der Waals surface area contributed by atoms with Gasteiger partial charge in [-0.3, -0.25) is 0 Å². The van der Waals surface area contributed by atoms with Crippen LogP contribution in [0.15, 0.2) is 24.3 Å². The van der Waals surface area contributed by atoms with E-state index in [1.807, 2.05) is 11.6 Å². The van der Waals surface area contributed by atoms with E-state index in [1.54, 1.807) is 0 Å². The largest absolute Gasteiger partial charge is 0.325 e. The van der Waals surface area contributed by atoms with Crippen LogP contribution in [0.5, 0.6) is 0 Å². The lowest BCUT2D eigenvalue weighted by atomic mass is 10.1. The Morgan fingerprint density at radius 1 is 1.25 bits per heavy atom. The fraction of sp³-hybridized carbons (Fsp3) is 0.333. The van der Waals surface area contributed by atoms with E-state index in [2.05, 4.69) is 41.5 Å². The molecule has 84 valence electrons. The van der Waals surface area contributed by atoms with Crippen LogP contribution in [-0.4, -0.2) is 15.0 Å². The van der Waals surface area contributed by atoms with Crippen LogP contribution in [-0.2, 0) is 13.1 Å². The Morgan fingerprint density at radius 2 is 1.94 bits per heavy atom. The van der Waals surface area contributed by atoms with Crippen molar-refractivity contribution in [2.45, 2.75) is 26.9 Å². The van der Waals surface area contributed by atoms with Gasteiger partial charge in [-0.1, -0.05) is 35.0 Å². The van der Waals surface area contributed by atoms with Crippen molar-refractivity contribution in [2.24, 2.45) is 5.73 Å². The minimum absolute atomic E-state index is 0.420. The molecule has 0 aliphatic heterocycles. The van der Waals surface area contributed by atoms with E-state index >= 15 is 0 Å². The SMILES string of the molecule is CCn1nnc(CN)c1-c1ccc(C)cc1. The fourth-order valence-corrected chi connectivity index (χ4v) is 1.73. The summed E-state index contributed by atoms with van der Waals surface area (Å²) in [5.74, 6) is 0. The second kappa shape index (κ2) is 4.45. The first-order valence-corrected chi connectivity index (χ1v) is 5.45. The molecule has 0 radical (unpaired) electrons. The predicted octanol–water partition coefficient (Wildman–Crippen LogP) is 1.73. The molecule has 0 bridgehead atoms. The van der Waals surface area contributed by atoms with Crippen LogP contribution < -0.4 is 5.73 Å². The lowest BCUT2D eigenvalue weighted by Gasteiger charge is -2.05. The van der Waals surface area contributed by atoms with Gasteiger partial charge < -0.3 is 5.73 Å². The Balaban J connectivity index is 2.52. The van der Waals surface area contributed by atoms with Crippen LogP contribution in [0.25, 0.3) is 11.3 Å². The summed E-state index contributed by atoms with van der Waals surface area (Å²) in [5.41, 5.74) is 9.92. The first-order valence-electron chi connectivity index (χ1n) is 5.45. The summed E-state index contributed by atoms with van der Waals surface area (Å²) in [6.07, 6.45) is 0. The molecular formula is C12H16N4. The summed E-state index contributed by atoms with van der Waals surface area (Å²) in [7, 11) is 0. The molecule has 1 aromatic heterocycles. The van der Waals surface area contributed by atoms with Crippen molar-refractivity contribution in [3.63, 3.8) is 0 Å². The molecule has 4 heteroatoms. The first-order chi connectivity index (χ1) is 7.76. The summed E-state index contributed by atoms with van der Waals surface area (Å²) in [6, 6.07) is 8.34. The quantitative estimate of drug-likeness (QED) is 0.850. The number of benzene rings is 1. The molecule has 0 unspecified atom stereocenters. The summed E-state index contributed by atoms with van der Waals surface area (Å²) in [6.45, 7) is 5.34. The normalized spacial score (nSPS) is 10.7. The summed E-state index contributed by atoms with van der Waals surface area (Å²) in [5, 5.41) is 8.18. The summed E-state index contributed by atoms with van der Waals surface area (Å²) >= 11 is 0. The van der Waals surface area contributed by atoms with Crippen molar-refractivity contribution in [1.29, 1.82) is 0 Å². The van der Waals surface area contributed by atoms with Crippen molar-refractivity contribution in [3.05, 3.63) is 35.5 Å². The molecule has 16 heavy (non-hydrogen) atoms. The van der Waals surface area contributed by atoms with Gasteiger partial charge in [-0.05, 0) is 13.8 Å². The van der Waals surface area contributed by atoms with Gasteiger partial charge in [0.1, 0.15) is 5.69 Å². The highest BCUT2D eigenvalue weighted by Gasteiger charge is 2.12. The highest BCUT2D eigenvalue weighted by atomic mass is 15.4. The van der Waals surface area contributed by atoms with Crippen molar-refractivity contribution >= 4 is 0 Å². The van der Waals surface area contributed by atoms with Crippen LogP contribution in [0, 0.1) is 6.92 Å².